The summed E-state index contributed by atoms with van der Waals surface area (Å²) in [5, 5.41) is 12.6. The highest BCUT2D eigenvalue weighted by Gasteiger charge is 2.55. The lowest BCUT2D eigenvalue weighted by atomic mass is 9.85. The molecule has 0 heterocycles. The number of allylic oxidation sites excluding steroid dienone is 2. The van der Waals surface area contributed by atoms with Crippen LogP contribution < -0.4 is 5.32 Å². The van der Waals surface area contributed by atoms with Crippen molar-refractivity contribution in [3.8, 4) is 0 Å². The molecule has 1 unspecified atom stereocenters. The number of carboxylic acids is 1. The minimum atomic E-state index is -4.26. The summed E-state index contributed by atoms with van der Waals surface area (Å²) in [5.74, 6) is -3.97. The molecule has 0 saturated heterocycles. The van der Waals surface area contributed by atoms with Crippen LogP contribution in [0.25, 0.3) is 5.57 Å². The molecule has 2 aromatic carbocycles. The van der Waals surface area contributed by atoms with E-state index in [1.807, 2.05) is 0 Å². The van der Waals surface area contributed by atoms with Gasteiger partial charge in [-0.1, -0.05) is 61.5 Å². The quantitative estimate of drug-likeness (QED) is 0.606. The molecule has 35 heavy (non-hydrogen) atoms. The van der Waals surface area contributed by atoms with Gasteiger partial charge in [-0.2, -0.15) is 0 Å². The van der Waals surface area contributed by atoms with Crippen molar-refractivity contribution in [1.29, 1.82) is 0 Å². The first-order valence-electron chi connectivity index (χ1n) is 11.2. The van der Waals surface area contributed by atoms with Crippen LogP contribution in [0.15, 0.2) is 72.3 Å². The van der Waals surface area contributed by atoms with E-state index in [4.69, 9.17) is 4.74 Å². The monoisotopic (exact) mass is 499 g/mol. The van der Waals surface area contributed by atoms with Gasteiger partial charge >= 0.3 is 5.97 Å². The topological polar surface area (TPSA) is 110 Å². The van der Waals surface area contributed by atoms with Gasteiger partial charge in [0.2, 0.25) is 5.91 Å². The van der Waals surface area contributed by atoms with Crippen LogP contribution >= 0.6 is 0 Å². The van der Waals surface area contributed by atoms with E-state index >= 15 is 4.39 Å². The van der Waals surface area contributed by atoms with Crippen molar-refractivity contribution < 1.29 is 32.2 Å². The third kappa shape index (κ3) is 4.03. The molecular weight excluding hydrogens is 473 g/mol. The molecule has 0 aromatic heterocycles. The number of nitrogens with one attached hydrogen (secondary N) is 1. The minimum absolute atomic E-state index is 0.0105. The predicted octanol–water partition coefficient (Wildman–Crippen LogP) is 3.21. The summed E-state index contributed by atoms with van der Waals surface area (Å²) in [7, 11) is -2.99. The first kappa shape index (κ1) is 24.7. The molecule has 2 N–H and O–H groups in total. The summed E-state index contributed by atoms with van der Waals surface area (Å²) in [5.41, 5.74) is 0.454. The van der Waals surface area contributed by atoms with Gasteiger partial charge in [0.1, 0.15) is 5.54 Å². The number of carbonyl (C=O) groups is 2. The molecule has 0 spiro atoms. The van der Waals surface area contributed by atoms with Crippen LogP contribution in [-0.2, 0) is 37.0 Å². The van der Waals surface area contributed by atoms with Crippen molar-refractivity contribution in [2.75, 3.05) is 12.9 Å². The SMILES string of the molecule is CCS(=O)(=O)C1(C(=O)NC2(C(=O)O)Cc3ccccc3C2)C=C(F)C(OC)=C(c2ccccc2)C1. The summed E-state index contributed by atoms with van der Waals surface area (Å²) in [6, 6.07) is 15.6. The van der Waals surface area contributed by atoms with Crippen molar-refractivity contribution in [3.05, 3.63) is 88.9 Å². The molecule has 2 aliphatic carbocycles. The Morgan fingerprint density at radius 2 is 1.60 bits per heavy atom. The Hall–Kier alpha value is -3.46. The number of aliphatic carboxylic acids is 1. The largest absolute Gasteiger partial charge is 0.493 e. The Labute approximate surface area is 203 Å². The van der Waals surface area contributed by atoms with E-state index < -0.39 is 50.0 Å². The number of amides is 1. The number of halogens is 1. The van der Waals surface area contributed by atoms with Gasteiger partial charge in [-0.15, -0.1) is 0 Å². The van der Waals surface area contributed by atoms with Gasteiger partial charge in [0.05, 0.1) is 7.11 Å². The Kier molecular flexibility index (Phi) is 6.31. The van der Waals surface area contributed by atoms with Gasteiger partial charge < -0.3 is 15.2 Å². The Morgan fingerprint density at radius 3 is 2.11 bits per heavy atom. The zero-order chi connectivity index (χ0) is 25.4. The average molecular weight is 500 g/mol. The smallest absolute Gasteiger partial charge is 0.330 e. The van der Waals surface area contributed by atoms with E-state index in [1.165, 1.54) is 14.0 Å². The molecular formula is C26H26FNO6S. The molecule has 2 aromatic rings. The van der Waals surface area contributed by atoms with Crippen molar-refractivity contribution >= 4 is 27.3 Å². The number of benzene rings is 2. The highest BCUT2D eigenvalue weighted by Crippen LogP contribution is 2.43. The number of sulfone groups is 1. The normalized spacial score (nSPS) is 21.2. The van der Waals surface area contributed by atoms with E-state index in [2.05, 4.69) is 5.32 Å². The van der Waals surface area contributed by atoms with E-state index in [0.717, 1.165) is 17.2 Å². The third-order valence-electron chi connectivity index (χ3n) is 6.80. The van der Waals surface area contributed by atoms with Crippen LogP contribution in [0.2, 0.25) is 0 Å². The van der Waals surface area contributed by atoms with Gasteiger partial charge in [-0.3, -0.25) is 4.79 Å². The first-order valence-corrected chi connectivity index (χ1v) is 12.8. The average Bonchev–Trinajstić information content (AvgIpc) is 3.23. The predicted molar refractivity (Wildman–Crippen MR) is 129 cm³/mol. The molecule has 1 atom stereocenters. The van der Waals surface area contributed by atoms with Crippen LogP contribution in [-0.4, -0.2) is 48.5 Å². The van der Waals surface area contributed by atoms with Crippen molar-refractivity contribution in [2.24, 2.45) is 0 Å². The summed E-state index contributed by atoms with van der Waals surface area (Å²) in [6.07, 6.45) is 0.329. The molecule has 0 aliphatic heterocycles. The Bertz CT molecular complexity index is 1320. The fourth-order valence-electron chi connectivity index (χ4n) is 4.88. The van der Waals surface area contributed by atoms with Gasteiger partial charge in [0.25, 0.3) is 0 Å². The van der Waals surface area contributed by atoms with Gasteiger partial charge in [0, 0.05) is 30.6 Å². The van der Waals surface area contributed by atoms with E-state index in [-0.39, 0.29) is 24.2 Å². The lowest BCUT2D eigenvalue weighted by Crippen LogP contribution is -2.63. The van der Waals surface area contributed by atoms with E-state index in [1.54, 1.807) is 54.6 Å². The Morgan fingerprint density at radius 1 is 1.03 bits per heavy atom. The highest BCUT2D eigenvalue weighted by molar-refractivity contribution is 7.93. The van der Waals surface area contributed by atoms with Crippen LogP contribution in [0.3, 0.4) is 0 Å². The van der Waals surface area contributed by atoms with Gasteiger partial charge in [0.15, 0.2) is 26.2 Å². The molecule has 7 nitrogen and oxygen atoms in total. The highest BCUT2D eigenvalue weighted by atomic mass is 32.2. The maximum absolute atomic E-state index is 15.4. The van der Waals surface area contributed by atoms with Crippen LogP contribution in [0.4, 0.5) is 4.39 Å². The summed E-state index contributed by atoms with van der Waals surface area (Å²) in [6.45, 7) is 1.37. The summed E-state index contributed by atoms with van der Waals surface area (Å²) < 4.78 is 45.1. The number of carbonyl (C=O) groups excluding carboxylic acids is 1. The second-order valence-electron chi connectivity index (χ2n) is 8.80. The molecule has 0 fully saturated rings. The fraction of sp³-hybridized carbons (Fsp3) is 0.308. The van der Waals surface area contributed by atoms with Crippen molar-refractivity contribution in [1.82, 2.24) is 5.32 Å². The number of methoxy groups -OCH3 is 1. The van der Waals surface area contributed by atoms with E-state index in [0.29, 0.717) is 5.56 Å². The Balaban J connectivity index is 1.82. The van der Waals surface area contributed by atoms with Gasteiger partial charge in [-0.05, 0) is 22.8 Å². The summed E-state index contributed by atoms with van der Waals surface area (Å²) in [4.78, 5) is 26.2. The second-order valence-corrected chi connectivity index (χ2v) is 11.3. The third-order valence-corrected chi connectivity index (χ3v) is 9.12. The van der Waals surface area contributed by atoms with Crippen LogP contribution in [0.5, 0.6) is 0 Å². The second kappa shape index (κ2) is 8.96. The molecule has 1 amide bonds. The number of carboxylic acid groups (broad SMARTS) is 1. The maximum atomic E-state index is 15.4. The van der Waals surface area contributed by atoms with Gasteiger partial charge in [-0.25, -0.2) is 17.6 Å². The molecule has 4 rings (SSSR count). The number of hydrogen-bond acceptors (Lipinski definition) is 5. The number of fused-ring (bicyclic) bond motifs is 1. The molecule has 2 aliphatic rings. The van der Waals surface area contributed by atoms with Crippen molar-refractivity contribution in [3.63, 3.8) is 0 Å². The number of hydrogen-bond donors (Lipinski definition) is 2. The zero-order valence-corrected chi connectivity index (χ0v) is 20.2. The van der Waals surface area contributed by atoms with Crippen molar-refractivity contribution in [2.45, 2.75) is 36.5 Å². The lowest BCUT2D eigenvalue weighted by molar-refractivity contribution is -0.147. The maximum Gasteiger partial charge on any atom is 0.330 e. The molecule has 0 radical (unpaired) electrons. The molecule has 0 bridgehead atoms. The van der Waals surface area contributed by atoms with E-state index in [9.17, 15) is 23.1 Å². The zero-order valence-electron chi connectivity index (χ0n) is 19.4. The minimum Gasteiger partial charge on any atom is -0.493 e. The molecule has 184 valence electrons. The fourth-order valence-corrected chi connectivity index (χ4v) is 6.37. The standard InChI is InChI=1S/C26H26FNO6S/c1-3-35(32,33)26(15-20(17-9-5-4-6-10-17)22(34-2)21(27)16-26)23(29)28-25(24(30)31)13-18-11-7-8-12-19(18)14-25/h4-12,16H,3,13-15H2,1-2H3,(H,28,29)(H,30,31). The number of rotatable bonds is 7. The molecule has 9 heteroatoms. The van der Waals surface area contributed by atoms with Crippen LogP contribution in [0, 0.1) is 0 Å². The van der Waals surface area contributed by atoms with Crippen LogP contribution in [0.1, 0.15) is 30.0 Å². The lowest BCUT2D eigenvalue weighted by Gasteiger charge is -2.36. The summed E-state index contributed by atoms with van der Waals surface area (Å²) >= 11 is 0. The first-order chi connectivity index (χ1) is 16.6. The number of ether oxygens (including phenoxy) is 1. The molecule has 0 saturated carbocycles.